The monoisotopic (exact) mass is 276 g/mol. The van der Waals surface area contributed by atoms with Gasteiger partial charge < -0.3 is 15.4 Å². The van der Waals surface area contributed by atoms with Crippen molar-refractivity contribution in [2.75, 3.05) is 13.2 Å². The minimum absolute atomic E-state index is 0.151. The first-order valence-electron chi connectivity index (χ1n) is 6.92. The second-order valence-corrected chi connectivity index (χ2v) is 4.96. The zero-order valence-electron chi connectivity index (χ0n) is 11.6. The summed E-state index contributed by atoms with van der Waals surface area (Å²) in [4.78, 5) is 22.3. The molecule has 2 N–H and O–H groups in total. The minimum Gasteiger partial charge on any atom is -0.450 e. The molecule has 0 bridgehead atoms. The summed E-state index contributed by atoms with van der Waals surface area (Å²) in [5.41, 5.74) is 2.63. The topological polar surface area (TPSA) is 67.4 Å². The van der Waals surface area contributed by atoms with Gasteiger partial charge in [-0.3, -0.25) is 4.79 Å². The largest absolute Gasteiger partial charge is 0.450 e. The van der Waals surface area contributed by atoms with Crippen LogP contribution in [0.15, 0.2) is 24.3 Å². The van der Waals surface area contributed by atoms with E-state index >= 15 is 0 Å². The summed E-state index contributed by atoms with van der Waals surface area (Å²) in [5, 5.41) is 5.07. The van der Waals surface area contributed by atoms with Crippen LogP contribution in [0.5, 0.6) is 0 Å². The standard InChI is InChI=1S/C15H20N2O3/c1-11-6-2-3-7-12(11)8-4-5-9-20-15(19)17-13-10-16-14(13)18/h2-3,6-7,13H,4-5,8-10H2,1H3,(H,16,18)(H,17,19)/t13-/m0/s1. The van der Waals surface area contributed by atoms with Crippen LogP contribution < -0.4 is 10.6 Å². The smallest absolute Gasteiger partial charge is 0.407 e. The Bertz CT molecular complexity index is 488. The van der Waals surface area contributed by atoms with Gasteiger partial charge in [-0.1, -0.05) is 24.3 Å². The molecule has 1 aliphatic rings. The maximum absolute atomic E-state index is 11.4. The first-order chi connectivity index (χ1) is 9.66. The Hall–Kier alpha value is -2.04. The number of ether oxygens (including phenoxy) is 1. The number of carbonyl (C=O) groups excluding carboxylic acids is 2. The van der Waals surface area contributed by atoms with Crippen molar-refractivity contribution in [1.29, 1.82) is 0 Å². The van der Waals surface area contributed by atoms with Gasteiger partial charge in [0.05, 0.1) is 6.61 Å². The Balaban J connectivity index is 1.56. The Morgan fingerprint density at radius 2 is 2.20 bits per heavy atom. The summed E-state index contributed by atoms with van der Waals surface area (Å²) in [6, 6.07) is 7.87. The number of hydrogen-bond donors (Lipinski definition) is 2. The van der Waals surface area contributed by atoms with Gasteiger partial charge in [-0.15, -0.1) is 0 Å². The van der Waals surface area contributed by atoms with Crippen LogP contribution in [-0.2, 0) is 16.0 Å². The number of benzene rings is 1. The molecule has 0 unspecified atom stereocenters. The third-order valence-electron chi connectivity index (χ3n) is 3.42. The zero-order chi connectivity index (χ0) is 14.4. The lowest BCUT2D eigenvalue weighted by Crippen LogP contribution is -2.61. The minimum atomic E-state index is -0.513. The molecular weight excluding hydrogens is 256 g/mol. The van der Waals surface area contributed by atoms with Gasteiger partial charge in [-0.25, -0.2) is 4.79 Å². The normalized spacial score (nSPS) is 17.1. The Morgan fingerprint density at radius 3 is 2.85 bits per heavy atom. The molecule has 108 valence electrons. The van der Waals surface area contributed by atoms with Crippen molar-refractivity contribution in [2.24, 2.45) is 0 Å². The molecule has 0 saturated carbocycles. The van der Waals surface area contributed by atoms with Crippen molar-refractivity contribution in [1.82, 2.24) is 10.6 Å². The Labute approximate surface area is 118 Å². The fraction of sp³-hybridized carbons (Fsp3) is 0.467. The SMILES string of the molecule is Cc1ccccc1CCCCOC(=O)N[C@H]1CNC1=O. The molecule has 20 heavy (non-hydrogen) atoms. The van der Waals surface area contributed by atoms with Crippen LogP contribution in [0.1, 0.15) is 24.0 Å². The van der Waals surface area contributed by atoms with Crippen molar-refractivity contribution in [3.8, 4) is 0 Å². The first kappa shape index (κ1) is 14.4. The van der Waals surface area contributed by atoms with E-state index in [9.17, 15) is 9.59 Å². The van der Waals surface area contributed by atoms with Crippen LogP contribution in [0, 0.1) is 6.92 Å². The lowest BCUT2D eigenvalue weighted by atomic mass is 10.0. The highest BCUT2D eigenvalue weighted by Crippen LogP contribution is 2.10. The number of carbonyl (C=O) groups is 2. The Morgan fingerprint density at radius 1 is 1.40 bits per heavy atom. The predicted molar refractivity (Wildman–Crippen MR) is 75.4 cm³/mol. The van der Waals surface area contributed by atoms with E-state index in [4.69, 9.17) is 4.74 Å². The van der Waals surface area contributed by atoms with Gasteiger partial charge >= 0.3 is 6.09 Å². The number of aryl methyl sites for hydroxylation is 2. The fourth-order valence-electron chi connectivity index (χ4n) is 2.06. The molecule has 1 saturated heterocycles. The van der Waals surface area contributed by atoms with Gasteiger partial charge in [0.2, 0.25) is 5.91 Å². The molecule has 2 rings (SSSR count). The molecule has 1 aromatic carbocycles. The van der Waals surface area contributed by atoms with E-state index in [2.05, 4.69) is 29.7 Å². The number of alkyl carbamates (subject to hydrolysis) is 1. The Kier molecular flexibility index (Phi) is 4.98. The molecule has 0 radical (unpaired) electrons. The van der Waals surface area contributed by atoms with E-state index in [0.29, 0.717) is 13.2 Å². The molecule has 0 aromatic heterocycles. The van der Waals surface area contributed by atoms with Crippen molar-refractivity contribution < 1.29 is 14.3 Å². The van der Waals surface area contributed by atoms with Crippen LogP contribution >= 0.6 is 0 Å². The van der Waals surface area contributed by atoms with E-state index < -0.39 is 12.1 Å². The fourth-order valence-corrected chi connectivity index (χ4v) is 2.06. The summed E-state index contributed by atoms with van der Waals surface area (Å²) < 4.78 is 5.03. The van der Waals surface area contributed by atoms with Crippen LogP contribution in [0.4, 0.5) is 4.79 Å². The number of amides is 2. The molecule has 1 atom stereocenters. The van der Waals surface area contributed by atoms with Gasteiger partial charge in [0.15, 0.2) is 0 Å². The number of β-lactam (4-membered cyclic amide) rings is 1. The number of hydrogen-bond acceptors (Lipinski definition) is 3. The molecule has 1 aliphatic heterocycles. The zero-order valence-corrected chi connectivity index (χ0v) is 11.6. The summed E-state index contributed by atoms with van der Waals surface area (Å²) in [6.07, 6.45) is 2.27. The molecular formula is C15H20N2O3. The van der Waals surface area contributed by atoms with Crippen molar-refractivity contribution in [3.63, 3.8) is 0 Å². The molecule has 1 fully saturated rings. The number of rotatable bonds is 6. The highest BCUT2D eigenvalue weighted by molar-refractivity contribution is 5.90. The average molecular weight is 276 g/mol. The first-order valence-corrected chi connectivity index (χ1v) is 6.92. The van der Waals surface area contributed by atoms with Gasteiger partial charge in [0, 0.05) is 6.54 Å². The van der Waals surface area contributed by atoms with E-state index in [0.717, 1.165) is 19.3 Å². The van der Waals surface area contributed by atoms with E-state index in [1.54, 1.807) is 0 Å². The van der Waals surface area contributed by atoms with Gasteiger partial charge in [0.1, 0.15) is 6.04 Å². The van der Waals surface area contributed by atoms with Crippen LogP contribution in [0.2, 0.25) is 0 Å². The molecule has 0 spiro atoms. The van der Waals surface area contributed by atoms with Crippen LogP contribution in [0.3, 0.4) is 0 Å². The van der Waals surface area contributed by atoms with E-state index in [1.165, 1.54) is 11.1 Å². The maximum atomic E-state index is 11.4. The highest BCUT2D eigenvalue weighted by atomic mass is 16.5. The summed E-state index contributed by atoms with van der Waals surface area (Å²) in [5.74, 6) is -0.151. The van der Waals surface area contributed by atoms with Gasteiger partial charge in [-0.05, 0) is 37.3 Å². The lowest BCUT2D eigenvalue weighted by molar-refractivity contribution is -0.128. The molecule has 0 aliphatic carbocycles. The summed E-state index contributed by atoms with van der Waals surface area (Å²) in [7, 11) is 0. The molecule has 1 heterocycles. The van der Waals surface area contributed by atoms with Crippen LogP contribution in [-0.4, -0.2) is 31.2 Å². The maximum Gasteiger partial charge on any atom is 0.407 e. The highest BCUT2D eigenvalue weighted by Gasteiger charge is 2.29. The second kappa shape index (κ2) is 6.93. The van der Waals surface area contributed by atoms with E-state index in [1.807, 2.05) is 12.1 Å². The second-order valence-electron chi connectivity index (χ2n) is 4.96. The van der Waals surface area contributed by atoms with Gasteiger partial charge in [0.25, 0.3) is 0 Å². The third-order valence-corrected chi connectivity index (χ3v) is 3.42. The van der Waals surface area contributed by atoms with Crippen molar-refractivity contribution >= 4 is 12.0 Å². The number of unbranched alkanes of at least 4 members (excludes halogenated alkanes) is 1. The van der Waals surface area contributed by atoms with E-state index in [-0.39, 0.29) is 5.91 Å². The predicted octanol–water partition coefficient (Wildman–Crippen LogP) is 1.54. The molecule has 2 amide bonds. The van der Waals surface area contributed by atoms with Crippen molar-refractivity contribution in [2.45, 2.75) is 32.2 Å². The molecule has 5 heteroatoms. The van der Waals surface area contributed by atoms with Crippen LogP contribution in [0.25, 0.3) is 0 Å². The molecule has 1 aromatic rings. The van der Waals surface area contributed by atoms with Crippen molar-refractivity contribution in [3.05, 3.63) is 35.4 Å². The lowest BCUT2D eigenvalue weighted by Gasteiger charge is -2.26. The summed E-state index contributed by atoms with van der Waals surface area (Å²) in [6.45, 7) is 2.97. The summed E-state index contributed by atoms with van der Waals surface area (Å²) >= 11 is 0. The third kappa shape index (κ3) is 3.98. The van der Waals surface area contributed by atoms with Gasteiger partial charge in [-0.2, -0.15) is 0 Å². The average Bonchev–Trinajstić information content (AvgIpc) is 2.44. The molecule has 5 nitrogen and oxygen atoms in total. The quantitative estimate of drug-likeness (QED) is 0.612. The number of nitrogens with one attached hydrogen (secondary N) is 2.